The summed E-state index contributed by atoms with van der Waals surface area (Å²) < 4.78 is 2.13. The summed E-state index contributed by atoms with van der Waals surface area (Å²) in [5, 5.41) is 4.28. The van der Waals surface area contributed by atoms with Crippen molar-refractivity contribution in [3.05, 3.63) is 65.4 Å². The van der Waals surface area contributed by atoms with Crippen LogP contribution < -0.4 is 10.2 Å². The zero-order valence-corrected chi connectivity index (χ0v) is 20.3. The molecule has 2 aromatic carbocycles. The van der Waals surface area contributed by atoms with Gasteiger partial charge in [-0.2, -0.15) is 0 Å². The van der Waals surface area contributed by atoms with Gasteiger partial charge in [-0.15, -0.1) is 0 Å². The summed E-state index contributed by atoms with van der Waals surface area (Å²) in [6.45, 7) is 8.59. The lowest BCUT2D eigenvalue weighted by Crippen LogP contribution is -2.51. The predicted molar refractivity (Wildman–Crippen MR) is 135 cm³/mol. The van der Waals surface area contributed by atoms with Gasteiger partial charge in [-0.3, -0.25) is 9.59 Å². The molecule has 0 saturated carbocycles. The van der Waals surface area contributed by atoms with Gasteiger partial charge in [0.1, 0.15) is 12.7 Å². The molecule has 0 radical (unpaired) electrons. The van der Waals surface area contributed by atoms with Crippen molar-refractivity contribution >= 4 is 28.4 Å². The maximum Gasteiger partial charge on any atom is 0.257 e. The molecule has 34 heavy (non-hydrogen) atoms. The molecule has 0 saturated heterocycles. The number of nitrogens with one attached hydrogen (secondary N) is 1. The molecule has 5 rings (SSSR count). The number of para-hydroxylation sites is 2. The number of rotatable bonds is 7. The molecule has 1 N–H and O–H groups in total. The van der Waals surface area contributed by atoms with E-state index in [-0.39, 0.29) is 24.5 Å². The minimum Gasteiger partial charge on any atom is -0.353 e. The Labute approximate surface area is 200 Å². The van der Waals surface area contributed by atoms with Gasteiger partial charge in [0.2, 0.25) is 5.91 Å². The van der Waals surface area contributed by atoms with Crippen molar-refractivity contribution in [2.75, 3.05) is 44.7 Å². The zero-order valence-electron chi connectivity index (χ0n) is 20.3. The van der Waals surface area contributed by atoms with Gasteiger partial charge in [0.05, 0.1) is 16.9 Å². The van der Waals surface area contributed by atoms with E-state index >= 15 is 0 Å². The quantitative estimate of drug-likeness (QED) is 0.589. The van der Waals surface area contributed by atoms with E-state index in [4.69, 9.17) is 0 Å². The number of nitrogens with zero attached hydrogens (tertiary/aromatic N) is 4. The van der Waals surface area contributed by atoms with E-state index in [2.05, 4.69) is 51.7 Å². The summed E-state index contributed by atoms with van der Waals surface area (Å²) in [5.41, 5.74) is 5.01. The zero-order chi connectivity index (χ0) is 23.8. The first-order valence-corrected chi connectivity index (χ1v) is 12.3. The average Bonchev–Trinajstić information content (AvgIpc) is 3.18. The van der Waals surface area contributed by atoms with E-state index in [1.165, 1.54) is 10.9 Å². The van der Waals surface area contributed by atoms with Crippen LogP contribution in [-0.4, -0.2) is 66.0 Å². The Bertz CT molecular complexity index is 1230. The molecule has 0 bridgehead atoms. The van der Waals surface area contributed by atoms with E-state index in [1.54, 1.807) is 0 Å². The number of amides is 2. The third-order valence-corrected chi connectivity index (χ3v) is 7.35. The first-order valence-electron chi connectivity index (χ1n) is 12.3. The maximum absolute atomic E-state index is 13.4. The number of hydrogen-bond acceptors (Lipinski definition) is 4. The molecule has 2 amide bonds. The van der Waals surface area contributed by atoms with Crippen molar-refractivity contribution in [3.8, 4) is 0 Å². The summed E-state index contributed by atoms with van der Waals surface area (Å²) in [6.07, 6.45) is 0.548. The highest BCUT2D eigenvalue weighted by Crippen LogP contribution is 2.44. The first-order chi connectivity index (χ1) is 16.5. The Morgan fingerprint density at radius 2 is 1.82 bits per heavy atom. The van der Waals surface area contributed by atoms with Gasteiger partial charge in [-0.05, 0) is 43.3 Å². The minimum atomic E-state index is -0.234. The van der Waals surface area contributed by atoms with Gasteiger partial charge in [0, 0.05) is 37.6 Å². The molecule has 2 aliphatic heterocycles. The Kier molecular flexibility index (Phi) is 6.04. The molecule has 0 fully saturated rings. The van der Waals surface area contributed by atoms with Crippen LogP contribution >= 0.6 is 0 Å². The molecule has 3 heterocycles. The summed E-state index contributed by atoms with van der Waals surface area (Å²) in [6, 6.07) is 16.1. The first kappa shape index (κ1) is 22.5. The summed E-state index contributed by atoms with van der Waals surface area (Å²) in [5.74, 6) is 0.0582. The molecule has 7 nitrogen and oxygen atoms in total. The molecule has 0 spiro atoms. The lowest BCUT2D eigenvalue weighted by Gasteiger charge is -2.46. The van der Waals surface area contributed by atoms with Gasteiger partial charge in [-0.25, -0.2) is 0 Å². The van der Waals surface area contributed by atoms with Crippen LogP contribution in [0.2, 0.25) is 0 Å². The fraction of sp³-hybridized carbons (Fsp3) is 0.407. The van der Waals surface area contributed by atoms with Gasteiger partial charge >= 0.3 is 0 Å². The lowest BCUT2D eigenvalue weighted by molar-refractivity contribution is -0.121. The van der Waals surface area contributed by atoms with Crippen LogP contribution in [0.25, 0.3) is 10.9 Å². The number of aromatic nitrogens is 1. The molecule has 3 aromatic rings. The number of hydrogen-bond donors (Lipinski definition) is 1. The van der Waals surface area contributed by atoms with Crippen LogP contribution in [0, 0.1) is 0 Å². The van der Waals surface area contributed by atoms with Crippen LogP contribution in [0.15, 0.2) is 48.5 Å². The minimum absolute atomic E-state index is 0.00183. The summed E-state index contributed by atoms with van der Waals surface area (Å²) >= 11 is 0. The van der Waals surface area contributed by atoms with E-state index in [0.717, 1.165) is 48.5 Å². The highest BCUT2D eigenvalue weighted by atomic mass is 16.2. The van der Waals surface area contributed by atoms with Crippen molar-refractivity contribution in [2.45, 2.75) is 33.0 Å². The molecule has 2 aliphatic rings. The van der Waals surface area contributed by atoms with E-state index in [0.29, 0.717) is 13.1 Å². The Morgan fingerprint density at radius 1 is 1.09 bits per heavy atom. The van der Waals surface area contributed by atoms with E-state index in [9.17, 15) is 9.59 Å². The molecular weight excluding hydrogens is 426 g/mol. The molecule has 0 unspecified atom stereocenters. The fourth-order valence-electron chi connectivity index (χ4n) is 5.57. The largest absolute Gasteiger partial charge is 0.353 e. The molecule has 178 valence electrons. The number of anilines is 1. The van der Waals surface area contributed by atoms with Gasteiger partial charge in [-0.1, -0.05) is 44.2 Å². The topological polar surface area (TPSA) is 60.8 Å². The second-order valence-corrected chi connectivity index (χ2v) is 9.09. The lowest BCUT2D eigenvalue weighted by atomic mass is 9.96. The van der Waals surface area contributed by atoms with Crippen molar-refractivity contribution in [1.29, 1.82) is 0 Å². The van der Waals surface area contributed by atoms with Crippen LogP contribution in [0.4, 0.5) is 5.69 Å². The highest BCUT2D eigenvalue weighted by molar-refractivity contribution is 6.02. The Hall–Kier alpha value is -3.32. The van der Waals surface area contributed by atoms with Crippen LogP contribution in [0.1, 0.15) is 41.6 Å². The van der Waals surface area contributed by atoms with Crippen molar-refractivity contribution in [2.24, 2.45) is 0 Å². The van der Waals surface area contributed by atoms with Gasteiger partial charge in [0.25, 0.3) is 5.91 Å². The number of carbonyl (C=O) groups is 2. The third kappa shape index (κ3) is 3.64. The number of fused-ring (bicyclic) bond motifs is 6. The highest BCUT2D eigenvalue weighted by Gasteiger charge is 2.42. The Morgan fingerprint density at radius 3 is 2.62 bits per heavy atom. The second-order valence-electron chi connectivity index (χ2n) is 9.09. The SMILES string of the molecule is CCN(CC)CCNC(=O)Cn1c2c(c3ccccc31)CCN1C(=O)c3ccccc3N(C)[C@@H]21. The number of carbonyl (C=O) groups excluding carboxylic acids is 2. The predicted octanol–water partition coefficient (Wildman–Crippen LogP) is 3.25. The average molecular weight is 460 g/mol. The van der Waals surface area contributed by atoms with Crippen molar-refractivity contribution in [3.63, 3.8) is 0 Å². The van der Waals surface area contributed by atoms with Crippen molar-refractivity contribution in [1.82, 2.24) is 19.7 Å². The second kappa shape index (κ2) is 9.14. The molecule has 1 atom stereocenters. The summed E-state index contributed by atoms with van der Waals surface area (Å²) in [7, 11) is 2.05. The standard InChI is InChI=1S/C27H33N5O2/c1-4-30(5-2)17-15-28-24(33)18-32-23-13-9-6-10-19(23)20-14-16-31-26(25(20)32)29(3)22-12-8-7-11-21(22)27(31)34/h6-13,26H,4-5,14-18H2,1-3H3,(H,28,33)/t26-/m1/s1. The number of likely N-dealkylation sites (N-methyl/N-ethyl adjacent to an activating group) is 1. The van der Waals surface area contributed by atoms with Crippen molar-refractivity contribution < 1.29 is 9.59 Å². The summed E-state index contributed by atoms with van der Waals surface area (Å²) in [4.78, 5) is 32.9. The molecule has 0 aliphatic carbocycles. The van der Waals surface area contributed by atoms with E-state index < -0.39 is 0 Å². The van der Waals surface area contributed by atoms with Gasteiger partial charge < -0.3 is 24.6 Å². The maximum atomic E-state index is 13.4. The molecule has 1 aromatic heterocycles. The van der Waals surface area contributed by atoms with Crippen LogP contribution in [0.3, 0.4) is 0 Å². The third-order valence-electron chi connectivity index (χ3n) is 7.35. The van der Waals surface area contributed by atoms with Crippen LogP contribution in [-0.2, 0) is 17.8 Å². The Balaban J connectivity index is 1.52. The smallest absolute Gasteiger partial charge is 0.257 e. The normalized spacial score (nSPS) is 17.1. The molecule has 7 heteroatoms. The van der Waals surface area contributed by atoms with Crippen LogP contribution in [0.5, 0.6) is 0 Å². The fourth-order valence-corrected chi connectivity index (χ4v) is 5.57. The monoisotopic (exact) mass is 459 g/mol. The van der Waals surface area contributed by atoms with E-state index in [1.807, 2.05) is 42.3 Å². The van der Waals surface area contributed by atoms with Gasteiger partial charge in [0.15, 0.2) is 0 Å². The molecular formula is C27H33N5O2. The number of benzene rings is 2.